The zero-order valence-corrected chi connectivity index (χ0v) is 24.4. The van der Waals surface area contributed by atoms with Gasteiger partial charge in [0.2, 0.25) is 0 Å². The number of piperidine rings is 1. The number of benzene rings is 2. The molecule has 4 bridgehead atoms. The molecule has 218 valence electrons. The van der Waals surface area contributed by atoms with Crippen LogP contribution in [0.15, 0.2) is 60.7 Å². The van der Waals surface area contributed by atoms with Gasteiger partial charge in [-0.3, -0.25) is 0 Å². The number of aliphatic hydroxyl groups excluding tert-OH is 1. The Labute approximate surface area is 243 Å². The maximum Gasteiger partial charge on any atom is 0.338 e. The number of hydrogen-bond donors (Lipinski definition) is 2. The number of likely N-dealkylation sites (tertiary alicyclic amines) is 1. The van der Waals surface area contributed by atoms with Crippen molar-refractivity contribution in [2.75, 3.05) is 26.2 Å². The monoisotopic (exact) mass is 558 g/mol. The van der Waals surface area contributed by atoms with Crippen LogP contribution >= 0.6 is 0 Å². The summed E-state index contributed by atoms with van der Waals surface area (Å²) < 4.78 is 12.2. The van der Waals surface area contributed by atoms with Gasteiger partial charge in [-0.05, 0) is 80.0 Å². The van der Waals surface area contributed by atoms with Crippen LogP contribution in [0.25, 0.3) is 0 Å². The lowest BCUT2D eigenvalue weighted by Crippen LogP contribution is -3.17. The molecule has 0 radical (unpaired) electrons. The molecule has 0 aromatic heterocycles. The topological polar surface area (TPSA) is 77.3 Å². The quantitative estimate of drug-likeness (QED) is 0.520. The summed E-state index contributed by atoms with van der Waals surface area (Å²) in [4.78, 5) is 27.5. The molecule has 6 nitrogen and oxygen atoms in total. The summed E-state index contributed by atoms with van der Waals surface area (Å²) in [7, 11) is 0. The summed E-state index contributed by atoms with van der Waals surface area (Å²) in [5, 5.41) is 11.9. The molecule has 2 aromatic rings. The van der Waals surface area contributed by atoms with E-state index in [2.05, 4.69) is 13.8 Å². The molecule has 7 rings (SSSR count). The van der Waals surface area contributed by atoms with Crippen LogP contribution in [-0.4, -0.2) is 55.5 Å². The number of rotatable bonds is 6. The number of hydrogen-bond acceptors (Lipinski definition) is 5. The van der Waals surface area contributed by atoms with Crippen molar-refractivity contribution < 1.29 is 29.1 Å². The lowest BCUT2D eigenvalue weighted by atomic mass is 9.39. The molecular formula is C35H44NO5+. The number of aliphatic hydroxyl groups is 1. The van der Waals surface area contributed by atoms with E-state index >= 15 is 0 Å². The Kier molecular flexibility index (Phi) is 6.59. The molecule has 1 spiro atoms. The van der Waals surface area contributed by atoms with Crippen LogP contribution in [0.3, 0.4) is 0 Å². The van der Waals surface area contributed by atoms with Gasteiger partial charge in [-0.2, -0.15) is 0 Å². The fraction of sp³-hybridized carbons (Fsp3) is 0.600. The van der Waals surface area contributed by atoms with Gasteiger partial charge in [-0.15, -0.1) is 0 Å². The number of esters is 2. The van der Waals surface area contributed by atoms with E-state index in [0.29, 0.717) is 35.5 Å². The van der Waals surface area contributed by atoms with E-state index < -0.39 is 6.10 Å². The molecule has 5 aliphatic rings. The number of ether oxygens (including phenoxy) is 2. The minimum atomic E-state index is -0.444. The standard InChI is InChI=1S/C35H43NO5/c1-23-26-18-28-34-15-9-14-33(2,21-36(22-34)16-17-40-31(38)24-10-5-3-6-11-24)27(34)19-29(35(28,20-26)30(23)37)41-32(39)25-12-7-4-8-13-25/h3-8,10-13,23,26-30,37H,9,14-22H2,1-2H3/p+1/t23-,26-,27-,28+,29-,30+,33-,34-,35+/m0/s1. The Balaban J connectivity index is 1.16. The predicted molar refractivity (Wildman–Crippen MR) is 154 cm³/mol. The second-order valence-corrected chi connectivity index (χ2v) is 14.3. The lowest BCUT2D eigenvalue weighted by Gasteiger charge is -2.68. The Morgan fingerprint density at radius 2 is 1.61 bits per heavy atom. The summed E-state index contributed by atoms with van der Waals surface area (Å²) in [6.45, 7) is 7.97. The highest BCUT2D eigenvalue weighted by atomic mass is 16.5. The van der Waals surface area contributed by atoms with Crippen molar-refractivity contribution in [1.82, 2.24) is 0 Å². The Morgan fingerprint density at radius 3 is 2.29 bits per heavy atom. The first-order valence-corrected chi connectivity index (χ1v) is 15.8. The van der Waals surface area contributed by atoms with Crippen molar-refractivity contribution >= 4 is 11.9 Å². The van der Waals surface area contributed by atoms with Gasteiger partial charge in [0, 0.05) is 16.2 Å². The highest BCUT2D eigenvalue weighted by Gasteiger charge is 2.77. The van der Waals surface area contributed by atoms with Gasteiger partial charge in [0.25, 0.3) is 0 Å². The first-order chi connectivity index (χ1) is 19.8. The molecule has 1 saturated heterocycles. The molecule has 2 aromatic carbocycles. The van der Waals surface area contributed by atoms with E-state index in [-0.39, 0.29) is 40.2 Å². The van der Waals surface area contributed by atoms with E-state index in [4.69, 9.17) is 9.47 Å². The van der Waals surface area contributed by atoms with Crippen LogP contribution in [0, 0.1) is 39.9 Å². The molecule has 1 unspecified atom stereocenters. The smallest absolute Gasteiger partial charge is 0.338 e. The number of carbonyl (C=O) groups is 2. The average Bonchev–Trinajstić information content (AvgIpc) is 3.50. The fourth-order valence-electron chi connectivity index (χ4n) is 10.9. The molecule has 4 saturated carbocycles. The van der Waals surface area contributed by atoms with E-state index in [9.17, 15) is 14.7 Å². The van der Waals surface area contributed by atoms with Crippen LogP contribution in [0.4, 0.5) is 0 Å². The summed E-state index contributed by atoms with van der Waals surface area (Å²) in [5.74, 6) is 1.01. The van der Waals surface area contributed by atoms with Gasteiger partial charge in [0.15, 0.2) is 0 Å². The highest BCUT2D eigenvalue weighted by molar-refractivity contribution is 5.89. The second kappa shape index (κ2) is 9.95. The minimum absolute atomic E-state index is 0.121. The molecule has 10 atom stereocenters. The fourth-order valence-corrected chi connectivity index (χ4v) is 10.9. The Bertz CT molecular complexity index is 1300. The Hall–Kier alpha value is -2.70. The van der Waals surface area contributed by atoms with Gasteiger partial charge in [0.1, 0.15) is 19.3 Å². The molecule has 0 amide bonds. The van der Waals surface area contributed by atoms with Gasteiger partial charge in [0.05, 0.1) is 30.3 Å². The van der Waals surface area contributed by atoms with Crippen LogP contribution < -0.4 is 4.90 Å². The minimum Gasteiger partial charge on any atom is -0.458 e. The van der Waals surface area contributed by atoms with Crippen LogP contribution in [0.5, 0.6) is 0 Å². The van der Waals surface area contributed by atoms with Gasteiger partial charge >= 0.3 is 11.9 Å². The zero-order valence-electron chi connectivity index (χ0n) is 24.4. The molecule has 41 heavy (non-hydrogen) atoms. The van der Waals surface area contributed by atoms with Gasteiger partial charge in [-0.1, -0.05) is 56.7 Å². The van der Waals surface area contributed by atoms with Gasteiger partial charge in [-0.25, -0.2) is 9.59 Å². The van der Waals surface area contributed by atoms with E-state index in [0.717, 1.165) is 38.9 Å². The van der Waals surface area contributed by atoms with Crippen LogP contribution in [0.2, 0.25) is 0 Å². The molecular weight excluding hydrogens is 514 g/mol. The van der Waals surface area contributed by atoms with Crippen LogP contribution in [-0.2, 0) is 9.47 Å². The molecule has 4 aliphatic carbocycles. The third kappa shape index (κ3) is 4.11. The summed E-state index contributed by atoms with van der Waals surface area (Å²) in [6.07, 6.45) is 5.81. The van der Waals surface area contributed by atoms with Crippen molar-refractivity contribution in [1.29, 1.82) is 0 Å². The lowest BCUT2D eigenvalue weighted by molar-refractivity contribution is -0.926. The van der Waals surface area contributed by atoms with E-state index in [1.165, 1.54) is 24.2 Å². The maximum atomic E-state index is 13.4. The number of carbonyl (C=O) groups excluding carboxylic acids is 2. The van der Waals surface area contributed by atoms with Crippen LogP contribution in [0.1, 0.15) is 73.1 Å². The number of quaternary nitrogens is 1. The number of fused-ring (bicyclic) bond motifs is 1. The second-order valence-electron chi connectivity index (χ2n) is 14.3. The molecule has 1 aliphatic heterocycles. The van der Waals surface area contributed by atoms with Crippen molar-refractivity contribution in [3.05, 3.63) is 71.8 Å². The highest BCUT2D eigenvalue weighted by Crippen LogP contribution is 2.75. The summed E-state index contributed by atoms with van der Waals surface area (Å²) in [5.41, 5.74) is 1.07. The normalized spacial score (nSPS) is 42.2. The molecule has 6 heteroatoms. The average molecular weight is 559 g/mol. The molecule has 1 heterocycles. The summed E-state index contributed by atoms with van der Waals surface area (Å²) >= 11 is 0. The molecule has 2 N–H and O–H groups in total. The maximum absolute atomic E-state index is 13.4. The summed E-state index contributed by atoms with van der Waals surface area (Å²) in [6, 6.07) is 18.6. The van der Waals surface area contributed by atoms with Crippen molar-refractivity contribution in [3.63, 3.8) is 0 Å². The molecule has 5 fully saturated rings. The van der Waals surface area contributed by atoms with Crippen molar-refractivity contribution in [2.24, 2.45) is 39.9 Å². The number of nitrogens with one attached hydrogen (secondary N) is 1. The zero-order chi connectivity index (χ0) is 28.4. The van der Waals surface area contributed by atoms with Crippen molar-refractivity contribution in [3.8, 4) is 0 Å². The predicted octanol–water partition coefficient (Wildman–Crippen LogP) is 4.19. The largest absolute Gasteiger partial charge is 0.458 e. The Morgan fingerprint density at radius 1 is 0.927 bits per heavy atom. The third-order valence-corrected chi connectivity index (χ3v) is 12.5. The first-order valence-electron chi connectivity index (χ1n) is 15.8. The van der Waals surface area contributed by atoms with Gasteiger partial charge < -0.3 is 19.5 Å². The van der Waals surface area contributed by atoms with Crippen molar-refractivity contribution in [2.45, 2.75) is 64.6 Å². The SMILES string of the molecule is C[C@H]1[C@H]2C[C@@H]3[C@@]45CCC[C@@](C)(C[NH+](CCOC(=O)c6ccccc6)C4)[C@@H]5C[C@H](OC(=O)c4ccccc4)[C@]3(C2)[C@@H]1O. The third-order valence-electron chi connectivity index (χ3n) is 12.5. The van der Waals surface area contributed by atoms with E-state index in [1.54, 1.807) is 12.1 Å². The van der Waals surface area contributed by atoms with E-state index in [1.807, 2.05) is 48.5 Å². The first kappa shape index (κ1) is 27.2.